The van der Waals surface area contributed by atoms with Crippen molar-refractivity contribution in [3.05, 3.63) is 53.8 Å². The fraction of sp³-hybridized carbons (Fsp3) is 0.286. The lowest BCUT2D eigenvalue weighted by molar-refractivity contribution is 0.596. The fourth-order valence-corrected chi connectivity index (χ4v) is 4.12. The first-order chi connectivity index (χ1) is 9.52. The zero-order chi connectivity index (χ0) is 14.7. The van der Waals surface area contributed by atoms with Crippen LogP contribution in [0.3, 0.4) is 0 Å². The van der Waals surface area contributed by atoms with E-state index >= 15 is 0 Å². The predicted molar refractivity (Wildman–Crippen MR) is 91.3 cm³/mol. The van der Waals surface area contributed by atoms with Gasteiger partial charge in [-0.25, -0.2) is 4.39 Å². The molecule has 1 N–H and O–H groups in total. The molecule has 0 aliphatic carbocycles. The molecule has 1 heterocycles. The van der Waals surface area contributed by atoms with Crippen molar-refractivity contribution < 1.29 is 4.39 Å². The van der Waals surface area contributed by atoms with Crippen LogP contribution in [0.4, 0.5) is 4.39 Å². The zero-order valence-electron chi connectivity index (χ0n) is 10.7. The van der Waals surface area contributed by atoms with Crippen LogP contribution in [0.15, 0.2) is 32.5 Å². The molecule has 2 rings (SSSR count). The average molecular weight is 442 g/mol. The molecule has 0 radical (unpaired) electrons. The highest BCUT2D eigenvalue weighted by Gasteiger charge is 2.18. The lowest BCUT2D eigenvalue weighted by atomic mass is 10.1. The summed E-state index contributed by atoms with van der Waals surface area (Å²) < 4.78 is 14.8. The molecule has 0 spiro atoms. The minimum Gasteiger partial charge on any atom is -0.306 e. The molecule has 0 aliphatic rings. The molecule has 6 heteroatoms. The molecule has 0 amide bonds. The quantitative estimate of drug-likeness (QED) is 0.586. The van der Waals surface area contributed by atoms with E-state index in [1.807, 2.05) is 12.1 Å². The Balaban J connectivity index is 2.38. The average Bonchev–Trinajstić information content (AvgIpc) is 2.74. The number of hydrogen-bond donors (Lipinski definition) is 1. The Morgan fingerprint density at radius 3 is 2.65 bits per heavy atom. The molecule has 1 unspecified atom stereocenters. The third-order valence-corrected chi connectivity index (χ3v) is 5.97. The maximum atomic E-state index is 13.4. The third-order valence-electron chi connectivity index (χ3n) is 2.82. The van der Waals surface area contributed by atoms with Crippen molar-refractivity contribution in [2.24, 2.45) is 0 Å². The van der Waals surface area contributed by atoms with Gasteiger partial charge in [0.1, 0.15) is 5.82 Å². The van der Waals surface area contributed by atoms with Gasteiger partial charge in [-0.1, -0.05) is 24.6 Å². The van der Waals surface area contributed by atoms with Crippen molar-refractivity contribution >= 4 is 54.8 Å². The molecule has 1 aromatic heterocycles. The van der Waals surface area contributed by atoms with Gasteiger partial charge < -0.3 is 5.32 Å². The first kappa shape index (κ1) is 16.4. The monoisotopic (exact) mass is 439 g/mol. The Morgan fingerprint density at radius 1 is 1.35 bits per heavy atom. The van der Waals surface area contributed by atoms with Gasteiger partial charge >= 0.3 is 0 Å². The second kappa shape index (κ2) is 7.36. The zero-order valence-corrected chi connectivity index (χ0v) is 15.5. The van der Waals surface area contributed by atoms with Crippen molar-refractivity contribution in [1.82, 2.24) is 5.32 Å². The number of benzene rings is 1. The van der Waals surface area contributed by atoms with Gasteiger partial charge in [0.25, 0.3) is 0 Å². The van der Waals surface area contributed by atoms with Crippen LogP contribution in [-0.4, -0.2) is 6.54 Å². The predicted octanol–water partition coefficient (Wildman–Crippen LogP) is 6.15. The maximum Gasteiger partial charge on any atom is 0.137 e. The topological polar surface area (TPSA) is 12.0 Å². The SMILES string of the molecule is CCCNC(c1ccc(F)c(Br)c1)c1cc(Cl)c(Br)s1. The van der Waals surface area contributed by atoms with Crippen LogP contribution in [0.2, 0.25) is 5.02 Å². The first-order valence-electron chi connectivity index (χ1n) is 6.16. The molecule has 0 saturated carbocycles. The number of thiophene rings is 1. The van der Waals surface area contributed by atoms with E-state index in [4.69, 9.17) is 11.6 Å². The van der Waals surface area contributed by atoms with Crippen LogP contribution in [0.1, 0.15) is 29.8 Å². The molecule has 0 fully saturated rings. The molecular weight excluding hydrogens is 428 g/mol. The van der Waals surface area contributed by atoms with E-state index in [0.29, 0.717) is 9.50 Å². The lowest BCUT2D eigenvalue weighted by Crippen LogP contribution is -2.22. The van der Waals surface area contributed by atoms with Crippen LogP contribution in [0.5, 0.6) is 0 Å². The maximum absolute atomic E-state index is 13.4. The highest BCUT2D eigenvalue weighted by atomic mass is 79.9. The van der Waals surface area contributed by atoms with Crippen LogP contribution >= 0.6 is 54.8 Å². The number of rotatable bonds is 5. The van der Waals surface area contributed by atoms with Crippen molar-refractivity contribution in [2.75, 3.05) is 6.54 Å². The number of hydrogen-bond acceptors (Lipinski definition) is 2. The Labute approximate surface area is 143 Å². The van der Waals surface area contributed by atoms with E-state index in [2.05, 4.69) is 44.1 Å². The lowest BCUT2D eigenvalue weighted by Gasteiger charge is -2.18. The highest BCUT2D eigenvalue weighted by Crippen LogP contribution is 2.38. The largest absolute Gasteiger partial charge is 0.306 e. The van der Waals surface area contributed by atoms with Crippen LogP contribution in [0.25, 0.3) is 0 Å². The molecule has 0 aliphatic heterocycles. The van der Waals surface area contributed by atoms with E-state index in [0.717, 1.165) is 27.2 Å². The minimum absolute atomic E-state index is 0.0145. The summed E-state index contributed by atoms with van der Waals surface area (Å²) in [6.45, 7) is 2.99. The standard InChI is InChI=1S/C14H13Br2ClFNS/c1-2-5-19-13(12-7-10(17)14(16)20-12)8-3-4-11(18)9(15)6-8/h3-4,6-7,13,19H,2,5H2,1H3. The molecule has 108 valence electrons. The van der Waals surface area contributed by atoms with Crippen molar-refractivity contribution in [2.45, 2.75) is 19.4 Å². The summed E-state index contributed by atoms with van der Waals surface area (Å²) in [6.07, 6.45) is 1.03. The number of halogens is 4. The van der Waals surface area contributed by atoms with Gasteiger partial charge in [-0.2, -0.15) is 0 Å². The van der Waals surface area contributed by atoms with Crippen molar-refractivity contribution in [3.63, 3.8) is 0 Å². The summed E-state index contributed by atoms with van der Waals surface area (Å²) in [4.78, 5) is 1.11. The molecule has 1 atom stereocenters. The van der Waals surface area contributed by atoms with Crippen LogP contribution in [-0.2, 0) is 0 Å². The first-order valence-corrected chi connectivity index (χ1v) is 8.94. The van der Waals surface area contributed by atoms with Crippen LogP contribution < -0.4 is 5.32 Å². The summed E-state index contributed by atoms with van der Waals surface area (Å²) in [5.41, 5.74) is 1.01. The Bertz CT molecular complexity index is 583. The summed E-state index contributed by atoms with van der Waals surface area (Å²) >= 11 is 14.4. The van der Waals surface area contributed by atoms with E-state index in [-0.39, 0.29) is 11.9 Å². The summed E-state index contributed by atoms with van der Waals surface area (Å²) in [6, 6.07) is 7.05. The van der Waals surface area contributed by atoms with E-state index in [1.54, 1.807) is 17.4 Å². The van der Waals surface area contributed by atoms with Gasteiger partial charge in [-0.3, -0.25) is 0 Å². The van der Waals surface area contributed by atoms with E-state index < -0.39 is 0 Å². The molecule has 0 saturated heterocycles. The van der Waals surface area contributed by atoms with Gasteiger partial charge in [-0.05, 0) is 68.6 Å². The van der Waals surface area contributed by atoms with Gasteiger partial charge in [0, 0.05) is 4.88 Å². The van der Waals surface area contributed by atoms with Crippen molar-refractivity contribution in [1.29, 1.82) is 0 Å². The molecule has 1 nitrogen and oxygen atoms in total. The molecule has 20 heavy (non-hydrogen) atoms. The normalized spacial score (nSPS) is 12.7. The number of nitrogens with one attached hydrogen (secondary N) is 1. The molecule has 2 aromatic rings. The van der Waals surface area contributed by atoms with E-state index in [1.165, 1.54) is 6.07 Å². The van der Waals surface area contributed by atoms with Crippen LogP contribution in [0, 0.1) is 5.82 Å². The second-order valence-electron chi connectivity index (χ2n) is 4.33. The fourth-order valence-electron chi connectivity index (χ4n) is 1.87. The molecule has 0 bridgehead atoms. The summed E-state index contributed by atoms with van der Waals surface area (Å²) in [7, 11) is 0. The minimum atomic E-state index is -0.256. The van der Waals surface area contributed by atoms with Gasteiger partial charge in [0.15, 0.2) is 0 Å². The molecular formula is C14H13Br2ClFNS. The van der Waals surface area contributed by atoms with Gasteiger partial charge in [0.2, 0.25) is 0 Å². The third kappa shape index (κ3) is 3.83. The van der Waals surface area contributed by atoms with Gasteiger partial charge in [0.05, 0.1) is 19.3 Å². The van der Waals surface area contributed by atoms with E-state index in [9.17, 15) is 4.39 Å². The summed E-state index contributed by atoms with van der Waals surface area (Å²) in [5, 5.41) is 4.18. The smallest absolute Gasteiger partial charge is 0.137 e. The molecule has 1 aromatic carbocycles. The Kier molecular flexibility index (Phi) is 6.05. The second-order valence-corrected chi connectivity index (χ2v) is 7.99. The Morgan fingerprint density at radius 2 is 2.10 bits per heavy atom. The summed E-state index contributed by atoms with van der Waals surface area (Å²) in [5.74, 6) is -0.256. The van der Waals surface area contributed by atoms with Gasteiger partial charge in [-0.15, -0.1) is 11.3 Å². The Hall–Kier alpha value is 0.0600. The highest BCUT2D eigenvalue weighted by molar-refractivity contribution is 9.11. The van der Waals surface area contributed by atoms with Crippen molar-refractivity contribution in [3.8, 4) is 0 Å².